The Bertz CT molecular complexity index is 417. The van der Waals surface area contributed by atoms with Crippen LogP contribution in [0.4, 0.5) is 0 Å². The molecule has 18 heavy (non-hydrogen) atoms. The largest absolute Gasteiger partial charge is 0.391 e. The van der Waals surface area contributed by atoms with Crippen molar-refractivity contribution < 1.29 is 14.6 Å². The molecule has 1 unspecified atom stereocenters. The molecule has 0 spiro atoms. The SMILES string of the molecule is CC(O)[C@@H]1OC(C)(C)O[C@H]1Cc1ccccc1Cl. The molecule has 0 saturated carbocycles. The third-order valence-electron chi connectivity index (χ3n) is 3.08. The molecule has 1 fully saturated rings. The molecule has 1 aliphatic heterocycles. The Morgan fingerprint density at radius 1 is 1.33 bits per heavy atom. The van der Waals surface area contributed by atoms with E-state index in [9.17, 15) is 5.11 Å². The molecular formula is C14H19ClO3. The van der Waals surface area contributed by atoms with E-state index in [2.05, 4.69) is 0 Å². The highest BCUT2D eigenvalue weighted by Crippen LogP contribution is 2.32. The Balaban J connectivity index is 2.15. The van der Waals surface area contributed by atoms with Gasteiger partial charge in [-0.05, 0) is 32.4 Å². The Labute approximate surface area is 113 Å². The molecule has 100 valence electrons. The molecule has 3 atom stereocenters. The minimum Gasteiger partial charge on any atom is -0.391 e. The van der Waals surface area contributed by atoms with E-state index in [1.54, 1.807) is 6.92 Å². The summed E-state index contributed by atoms with van der Waals surface area (Å²) in [5.74, 6) is -0.659. The molecule has 0 bridgehead atoms. The van der Waals surface area contributed by atoms with Gasteiger partial charge in [0.1, 0.15) is 6.10 Å². The summed E-state index contributed by atoms with van der Waals surface area (Å²) < 4.78 is 11.6. The van der Waals surface area contributed by atoms with Gasteiger partial charge in [0.25, 0.3) is 0 Å². The normalized spacial score (nSPS) is 28.3. The maximum atomic E-state index is 9.76. The summed E-state index contributed by atoms with van der Waals surface area (Å²) >= 11 is 6.14. The first-order chi connectivity index (χ1) is 8.39. The fourth-order valence-corrected chi connectivity index (χ4v) is 2.52. The minimum atomic E-state index is -0.659. The van der Waals surface area contributed by atoms with Gasteiger partial charge in [0, 0.05) is 11.4 Å². The molecule has 0 amide bonds. The first kappa shape index (κ1) is 13.8. The molecule has 2 rings (SSSR count). The van der Waals surface area contributed by atoms with Crippen LogP contribution in [-0.2, 0) is 15.9 Å². The number of halogens is 1. The second-order valence-corrected chi connectivity index (χ2v) is 5.58. The average Bonchev–Trinajstić information content (AvgIpc) is 2.57. The van der Waals surface area contributed by atoms with Crippen molar-refractivity contribution in [2.24, 2.45) is 0 Å². The summed E-state index contributed by atoms with van der Waals surface area (Å²) in [6.45, 7) is 5.43. The van der Waals surface area contributed by atoms with E-state index in [4.69, 9.17) is 21.1 Å². The summed E-state index contributed by atoms with van der Waals surface area (Å²) in [6, 6.07) is 7.67. The van der Waals surface area contributed by atoms with E-state index in [-0.39, 0.29) is 12.2 Å². The Kier molecular flexibility index (Phi) is 3.97. The number of rotatable bonds is 3. The van der Waals surface area contributed by atoms with Crippen molar-refractivity contribution in [2.45, 2.75) is 51.3 Å². The first-order valence-corrected chi connectivity index (χ1v) is 6.54. The van der Waals surface area contributed by atoms with Gasteiger partial charge < -0.3 is 14.6 Å². The van der Waals surface area contributed by atoms with Gasteiger partial charge in [-0.25, -0.2) is 0 Å². The third-order valence-corrected chi connectivity index (χ3v) is 3.44. The lowest BCUT2D eigenvalue weighted by molar-refractivity contribution is -0.154. The van der Waals surface area contributed by atoms with Crippen LogP contribution in [0.5, 0.6) is 0 Å². The van der Waals surface area contributed by atoms with Crippen molar-refractivity contribution in [3.63, 3.8) is 0 Å². The van der Waals surface area contributed by atoms with E-state index in [1.807, 2.05) is 38.1 Å². The minimum absolute atomic E-state index is 0.181. The van der Waals surface area contributed by atoms with Crippen molar-refractivity contribution in [1.82, 2.24) is 0 Å². The van der Waals surface area contributed by atoms with Crippen LogP contribution in [0.2, 0.25) is 5.02 Å². The molecule has 0 radical (unpaired) electrons. The maximum Gasteiger partial charge on any atom is 0.163 e. The predicted octanol–water partition coefficient (Wildman–Crippen LogP) is 2.78. The second kappa shape index (κ2) is 5.17. The monoisotopic (exact) mass is 270 g/mol. The summed E-state index contributed by atoms with van der Waals surface area (Å²) in [5.41, 5.74) is 1.01. The van der Waals surface area contributed by atoms with Gasteiger partial charge in [-0.3, -0.25) is 0 Å². The lowest BCUT2D eigenvalue weighted by Gasteiger charge is -2.19. The molecule has 4 heteroatoms. The van der Waals surface area contributed by atoms with Gasteiger partial charge in [-0.2, -0.15) is 0 Å². The predicted molar refractivity (Wildman–Crippen MR) is 70.7 cm³/mol. The molecule has 3 nitrogen and oxygen atoms in total. The number of hydrogen-bond donors (Lipinski definition) is 1. The molecule has 0 aromatic heterocycles. The number of ether oxygens (including phenoxy) is 2. The zero-order valence-corrected chi connectivity index (χ0v) is 11.6. The Hall–Kier alpha value is -0.610. The van der Waals surface area contributed by atoms with Crippen LogP contribution in [0.25, 0.3) is 0 Å². The second-order valence-electron chi connectivity index (χ2n) is 5.17. The van der Waals surface area contributed by atoms with Crippen LogP contribution in [0.3, 0.4) is 0 Å². The van der Waals surface area contributed by atoms with Gasteiger partial charge in [-0.15, -0.1) is 0 Å². The number of aliphatic hydroxyl groups excluding tert-OH is 1. The van der Waals surface area contributed by atoms with Crippen molar-refractivity contribution in [3.8, 4) is 0 Å². The zero-order valence-electron chi connectivity index (χ0n) is 10.9. The summed E-state index contributed by atoms with van der Waals surface area (Å²) in [7, 11) is 0. The van der Waals surface area contributed by atoms with Crippen molar-refractivity contribution in [2.75, 3.05) is 0 Å². The molecule has 1 aromatic carbocycles. The number of hydrogen-bond acceptors (Lipinski definition) is 3. The molecular weight excluding hydrogens is 252 g/mol. The highest BCUT2D eigenvalue weighted by Gasteiger charge is 2.43. The van der Waals surface area contributed by atoms with Gasteiger partial charge in [0.05, 0.1) is 12.2 Å². The quantitative estimate of drug-likeness (QED) is 0.918. The zero-order chi connectivity index (χ0) is 13.3. The molecule has 1 N–H and O–H groups in total. The summed E-state index contributed by atoms with van der Waals surface area (Å²) in [5, 5.41) is 10.5. The van der Waals surface area contributed by atoms with Crippen LogP contribution in [0.15, 0.2) is 24.3 Å². The van der Waals surface area contributed by atoms with E-state index < -0.39 is 11.9 Å². The summed E-state index contributed by atoms with van der Waals surface area (Å²) in [4.78, 5) is 0. The first-order valence-electron chi connectivity index (χ1n) is 6.16. The number of benzene rings is 1. The fourth-order valence-electron chi connectivity index (χ4n) is 2.31. The lowest BCUT2D eigenvalue weighted by Crippen LogP contribution is -2.34. The van der Waals surface area contributed by atoms with E-state index >= 15 is 0 Å². The molecule has 1 aliphatic rings. The smallest absolute Gasteiger partial charge is 0.163 e. The van der Waals surface area contributed by atoms with Crippen LogP contribution < -0.4 is 0 Å². The number of aliphatic hydroxyl groups is 1. The standard InChI is InChI=1S/C14H19ClO3/c1-9(16)13-12(17-14(2,3)18-13)8-10-6-4-5-7-11(10)15/h4-7,9,12-13,16H,8H2,1-3H3/t9?,12-,13-/m0/s1. The topological polar surface area (TPSA) is 38.7 Å². The van der Waals surface area contributed by atoms with Crippen molar-refractivity contribution in [1.29, 1.82) is 0 Å². The lowest BCUT2D eigenvalue weighted by atomic mass is 10.0. The van der Waals surface area contributed by atoms with Crippen LogP contribution in [-0.4, -0.2) is 29.2 Å². The van der Waals surface area contributed by atoms with Gasteiger partial charge >= 0.3 is 0 Å². The Morgan fingerprint density at radius 2 is 2.00 bits per heavy atom. The summed E-state index contributed by atoms with van der Waals surface area (Å²) in [6.07, 6.45) is -0.436. The van der Waals surface area contributed by atoms with Crippen molar-refractivity contribution in [3.05, 3.63) is 34.9 Å². The van der Waals surface area contributed by atoms with E-state index in [0.717, 1.165) is 10.6 Å². The molecule has 0 aliphatic carbocycles. The average molecular weight is 271 g/mol. The highest BCUT2D eigenvalue weighted by atomic mass is 35.5. The highest BCUT2D eigenvalue weighted by molar-refractivity contribution is 6.31. The van der Waals surface area contributed by atoms with Crippen molar-refractivity contribution >= 4 is 11.6 Å². The van der Waals surface area contributed by atoms with E-state index in [1.165, 1.54) is 0 Å². The third kappa shape index (κ3) is 3.04. The Morgan fingerprint density at radius 3 is 2.61 bits per heavy atom. The molecule has 1 aromatic rings. The van der Waals surface area contributed by atoms with Gasteiger partial charge in [0.2, 0.25) is 0 Å². The van der Waals surface area contributed by atoms with E-state index in [0.29, 0.717) is 6.42 Å². The molecule has 1 heterocycles. The maximum absolute atomic E-state index is 9.76. The van der Waals surface area contributed by atoms with Crippen LogP contribution >= 0.6 is 11.6 Å². The molecule has 1 saturated heterocycles. The van der Waals surface area contributed by atoms with Crippen LogP contribution in [0.1, 0.15) is 26.3 Å². The van der Waals surface area contributed by atoms with Gasteiger partial charge in [-0.1, -0.05) is 29.8 Å². The van der Waals surface area contributed by atoms with Gasteiger partial charge in [0.15, 0.2) is 5.79 Å². The fraction of sp³-hybridized carbons (Fsp3) is 0.571. The van der Waals surface area contributed by atoms with Crippen LogP contribution in [0, 0.1) is 0 Å².